The number of Topliss-reactive ketones (excluding diaryl/α,β-unsaturated/α-hetero) is 1. The molecule has 0 amide bonds. The Morgan fingerprint density at radius 2 is 1.77 bits per heavy atom. The molecule has 9 heteroatoms. The topological polar surface area (TPSA) is 82.1 Å². The van der Waals surface area contributed by atoms with Crippen LogP contribution >= 0.6 is 34.8 Å². The highest BCUT2D eigenvalue weighted by Gasteiger charge is 2.77. The monoisotopic (exact) mass is 594 g/mol. The average Bonchev–Trinajstić information content (AvgIpc) is 3.31. The van der Waals surface area contributed by atoms with Gasteiger partial charge in [0.05, 0.1) is 27.6 Å². The van der Waals surface area contributed by atoms with Crippen molar-refractivity contribution in [2.75, 3.05) is 6.61 Å². The maximum atomic E-state index is 14.7. The first-order valence-electron chi connectivity index (χ1n) is 13.4. The van der Waals surface area contributed by atoms with Gasteiger partial charge in [0.15, 0.2) is 23.3 Å². The van der Waals surface area contributed by atoms with Gasteiger partial charge in [-0.15, -0.1) is 0 Å². The molecular weight excluding hydrogens is 563 g/mol. The van der Waals surface area contributed by atoms with Crippen LogP contribution in [-0.2, 0) is 19.0 Å². The van der Waals surface area contributed by atoms with E-state index in [4.69, 9.17) is 49.0 Å². The molecule has 1 spiro atoms. The van der Waals surface area contributed by atoms with Crippen molar-refractivity contribution in [3.05, 3.63) is 56.1 Å². The molecule has 4 aliphatic carbocycles. The van der Waals surface area contributed by atoms with Crippen LogP contribution < -0.4 is 0 Å². The van der Waals surface area contributed by atoms with Gasteiger partial charge >= 0.3 is 5.97 Å². The van der Waals surface area contributed by atoms with Crippen molar-refractivity contribution in [3.8, 4) is 0 Å². The summed E-state index contributed by atoms with van der Waals surface area (Å²) in [5.74, 6) is -2.07. The summed E-state index contributed by atoms with van der Waals surface area (Å²) in [5.41, 5.74) is -2.03. The molecule has 1 saturated heterocycles. The normalized spacial score (nSPS) is 41.2. The number of fused-ring (bicyclic) bond motifs is 5. The third-order valence-electron chi connectivity index (χ3n) is 10.1. The van der Waals surface area contributed by atoms with Crippen LogP contribution in [0.4, 0.5) is 0 Å². The summed E-state index contributed by atoms with van der Waals surface area (Å²) >= 11 is 18.7. The molecule has 1 aromatic carbocycles. The minimum absolute atomic E-state index is 0.00612. The standard InChI is InChI=1S/C30H33Cl3O6/c1-13-11-29-14(2)7-18-22(27(18,3)4)17(23(29)34)8-15-12-37-28(5,6)39-25(15)30(29,36)24(13)38-26(35)21-19(32)9-16(31)10-20(21)33/h8-11,14,17-18,22,24-25,36H,7,12H2,1-6H3/t14-,17+,18-,22+,24+,25-,29+,30-/m1/s1. The SMILES string of the molecule is CC1=C[C@]23C(=O)[C@@H](C=C4COC(C)(C)O[C@H]4[C@]2(O)[C@H]1OC(=O)c1c(Cl)cc(Cl)cc1Cl)[C@H]1[C@@H](C[C@H]3C)C1(C)C. The number of rotatable bonds is 2. The number of halogens is 3. The van der Waals surface area contributed by atoms with Crippen molar-refractivity contribution in [1.29, 1.82) is 0 Å². The van der Waals surface area contributed by atoms with Gasteiger partial charge in [-0.3, -0.25) is 4.79 Å². The number of benzene rings is 1. The zero-order valence-corrected chi connectivity index (χ0v) is 25.1. The molecular formula is C30H33Cl3O6. The van der Waals surface area contributed by atoms with Gasteiger partial charge in [-0.25, -0.2) is 4.79 Å². The number of allylic oxidation sites excluding steroid dienone is 1. The average molecular weight is 596 g/mol. The number of ketones is 1. The number of hydrogen-bond acceptors (Lipinski definition) is 6. The number of carbonyl (C=O) groups excluding carboxylic acids is 2. The molecule has 0 aromatic heterocycles. The lowest BCUT2D eigenvalue weighted by molar-refractivity contribution is -0.302. The first-order chi connectivity index (χ1) is 18.1. The van der Waals surface area contributed by atoms with E-state index in [0.717, 1.165) is 6.42 Å². The zero-order valence-electron chi connectivity index (χ0n) is 22.8. The highest BCUT2D eigenvalue weighted by atomic mass is 35.5. The molecule has 2 saturated carbocycles. The third kappa shape index (κ3) is 3.65. The molecule has 1 aromatic rings. The van der Waals surface area contributed by atoms with E-state index in [9.17, 15) is 14.7 Å². The molecule has 0 unspecified atom stereocenters. The number of aliphatic hydroxyl groups is 1. The first-order valence-corrected chi connectivity index (χ1v) is 14.5. The maximum Gasteiger partial charge on any atom is 0.341 e. The molecule has 6 rings (SSSR count). The molecule has 0 radical (unpaired) electrons. The molecule has 210 valence electrons. The highest BCUT2D eigenvalue weighted by Crippen LogP contribution is 2.72. The van der Waals surface area contributed by atoms with Crippen molar-refractivity contribution >= 4 is 46.6 Å². The lowest BCUT2D eigenvalue weighted by Crippen LogP contribution is -2.68. The zero-order chi connectivity index (χ0) is 28.4. The second-order valence-corrected chi connectivity index (χ2v) is 14.3. The van der Waals surface area contributed by atoms with E-state index in [1.165, 1.54) is 12.1 Å². The fourth-order valence-electron chi connectivity index (χ4n) is 8.20. The van der Waals surface area contributed by atoms with Gasteiger partial charge in [0.2, 0.25) is 0 Å². The summed E-state index contributed by atoms with van der Waals surface area (Å²) < 4.78 is 18.5. The van der Waals surface area contributed by atoms with E-state index >= 15 is 0 Å². The third-order valence-corrected chi connectivity index (χ3v) is 10.9. The molecule has 1 aliphatic heterocycles. The Balaban J connectivity index is 1.52. The predicted molar refractivity (Wildman–Crippen MR) is 148 cm³/mol. The van der Waals surface area contributed by atoms with Crippen LogP contribution in [-0.4, -0.2) is 47.1 Å². The molecule has 1 heterocycles. The highest BCUT2D eigenvalue weighted by molar-refractivity contribution is 6.41. The minimum Gasteiger partial charge on any atom is -0.451 e. The van der Waals surface area contributed by atoms with Gasteiger partial charge in [-0.2, -0.15) is 0 Å². The molecule has 6 nitrogen and oxygen atoms in total. The number of hydrogen-bond donors (Lipinski definition) is 1. The Kier molecular flexibility index (Phi) is 6.09. The predicted octanol–water partition coefficient (Wildman–Crippen LogP) is 6.44. The Labute approximate surface area is 243 Å². The van der Waals surface area contributed by atoms with Crippen LogP contribution in [0.3, 0.4) is 0 Å². The lowest BCUT2D eigenvalue weighted by atomic mass is 9.59. The van der Waals surface area contributed by atoms with E-state index in [1.54, 1.807) is 20.8 Å². The summed E-state index contributed by atoms with van der Waals surface area (Å²) in [5, 5.41) is 13.4. The van der Waals surface area contributed by atoms with Crippen LogP contribution in [0.15, 0.2) is 35.4 Å². The summed E-state index contributed by atoms with van der Waals surface area (Å²) in [6.07, 6.45) is 2.44. The Morgan fingerprint density at radius 3 is 2.41 bits per heavy atom. The summed E-state index contributed by atoms with van der Waals surface area (Å²) in [6.45, 7) is 12.0. The maximum absolute atomic E-state index is 14.7. The fraction of sp³-hybridized carbons (Fsp3) is 0.600. The molecule has 1 N–H and O–H groups in total. The Hall–Kier alpha value is -1.41. The van der Waals surface area contributed by atoms with Gasteiger partial charge in [0.1, 0.15) is 6.10 Å². The second-order valence-electron chi connectivity index (χ2n) is 13.0. The van der Waals surface area contributed by atoms with Crippen LogP contribution in [0.1, 0.15) is 58.3 Å². The van der Waals surface area contributed by atoms with E-state index in [-0.39, 0.29) is 50.3 Å². The largest absolute Gasteiger partial charge is 0.451 e. The van der Waals surface area contributed by atoms with E-state index in [2.05, 4.69) is 13.8 Å². The lowest BCUT2D eigenvalue weighted by Gasteiger charge is -2.52. The summed E-state index contributed by atoms with van der Waals surface area (Å²) in [4.78, 5) is 28.3. The number of ether oxygens (including phenoxy) is 3. The smallest absolute Gasteiger partial charge is 0.341 e. The van der Waals surface area contributed by atoms with Crippen molar-refractivity contribution in [1.82, 2.24) is 0 Å². The van der Waals surface area contributed by atoms with Crippen LogP contribution in [0.25, 0.3) is 0 Å². The van der Waals surface area contributed by atoms with Gasteiger partial charge in [0, 0.05) is 10.9 Å². The van der Waals surface area contributed by atoms with Crippen LogP contribution in [0, 0.1) is 34.5 Å². The molecule has 8 atom stereocenters. The minimum atomic E-state index is -1.92. The Bertz CT molecular complexity index is 1340. The number of esters is 1. The van der Waals surface area contributed by atoms with Crippen molar-refractivity contribution in [2.45, 2.75) is 71.6 Å². The summed E-state index contributed by atoms with van der Waals surface area (Å²) in [7, 11) is 0. The van der Waals surface area contributed by atoms with Crippen molar-refractivity contribution in [3.63, 3.8) is 0 Å². The second kappa shape index (κ2) is 8.56. The quantitative estimate of drug-likeness (QED) is 0.313. The van der Waals surface area contributed by atoms with E-state index in [0.29, 0.717) is 17.1 Å². The molecule has 39 heavy (non-hydrogen) atoms. The fourth-order valence-corrected chi connectivity index (χ4v) is 9.17. The molecule has 5 aliphatic rings. The van der Waals surface area contributed by atoms with Crippen molar-refractivity contribution < 1.29 is 28.9 Å². The first kappa shape index (κ1) is 27.7. The Morgan fingerprint density at radius 1 is 1.13 bits per heavy atom. The molecule has 2 bridgehead atoms. The van der Waals surface area contributed by atoms with E-state index in [1.807, 2.05) is 19.1 Å². The van der Waals surface area contributed by atoms with Crippen LogP contribution in [0.2, 0.25) is 15.1 Å². The summed E-state index contributed by atoms with van der Waals surface area (Å²) in [6, 6.07) is 2.82. The van der Waals surface area contributed by atoms with Gasteiger partial charge < -0.3 is 19.3 Å². The molecule has 3 fully saturated rings. The van der Waals surface area contributed by atoms with Gasteiger partial charge in [-0.1, -0.05) is 67.7 Å². The van der Waals surface area contributed by atoms with E-state index < -0.39 is 40.9 Å². The van der Waals surface area contributed by atoms with Gasteiger partial charge in [-0.05, 0) is 73.6 Å². The van der Waals surface area contributed by atoms with Crippen LogP contribution in [0.5, 0.6) is 0 Å². The van der Waals surface area contributed by atoms with Gasteiger partial charge in [0.25, 0.3) is 0 Å². The number of carbonyl (C=O) groups is 2. The van der Waals surface area contributed by atoms with Crippen molar-refractivity contribution in [2.24, 2.45) is 34.5 Å².